The van der Waals surface area contributed by atoms with Crippen LogP contribution in [0.5, 0.6) is 0 Å². The van der Waals surface area contributed by atoms with Crippen LogP contribution in [0.1, 0.15) is 200 Å². The standard InChI is InChI=1S/C37H75N5O2/c1-3-5-7-9-11-13-15-16-17-18-19-20-22-24-26-31-35(43)42-34(30-27-29-33-41-37(38)39)36(44)40-32-28-25-23-21-14-12-10-8-6-4-2/h34H,3-33H2,1-2H3,(H,40,44)(H,42,43)(H4,38,39,41). The van der Waals surface area contributed by atoms with Crippen LogP contribution in [0.2, 0.25) is 0 Å². The normalized spacial score (nSPS) is 11.8. The summed E-state index contributed by atoms with van der Waals surface area (Å²) in [7, 11) is 0. The molecule has 0 aromatic carbocycles. The molecule has 0 saturated carbocycles. The molecule has 0 bridgehead atoms. The molecule has 0 aliphatic carbocycles. The second-order valence-corrected chi connectivity index (χ2v) is 13.1. The largest absolute Gasteiger partial charge is 0.370 e. The first-order chi connectivity index (χ1) is 21.5. The van der Waals surface area contributed by atoms with Gasteiger partial charge < -0.3 is 21.7 Å². The second-order valence-electron chi connectivity index (χ2n) is 13.1. The monoisotopic (exact) mass is 622 g/mol. The average molecular weight is 622 g/mol. The van der Waals surface area contributed by atoms with Gasteiger partial charge in [-0.1, -0.05) is 162 Å². The van der Waals surface area contributed by atoms with Gasteiger partial charge >= 0.3 is 0 Å². The van der Waals surface area contributed by atoms with Crippen molar-refractivity contribution in [3.8, 4) is 0 Å². The predicted octanol–water partition coefficient (Wildman–Crippen LogP) is 9.42. The van der Waals surface area contributed by atoms with Gasteiger partial charge in [-0.2, -0.15) is 0 Å². The third-order valence-corrected chi connectivity index (χ3v) is 8.72. The number of nitrogens with one attached hydrogen (secondary N) is 4. The van der Waals surface area contributed by atoms with Crippen molar-refractivity contribution in [2.45, 2.75) is 206 Å². The molecule has 0 aromatic rings. The number of unbranched alkanes of at least 4 members (excludes halogenated alkanes) is 24. The lowest BCUT2D eigenvalue weighted by Crippen LogP contribution is -2.47. The van der Waals surface area contributed by atoms with E-state index in [-0.39, 0.29) is 17.8 Å². The van der Waals surface area contributed by atoms with Gasteiger partial charge in [0.1, 0.15) is 6.04 Å². The first kappa shape index (κ1) is 42.2. The summed E-state index contributed by atoms with van der Waals surface area (Å²) in [6.07, 6.45) is 35.0. The summed E-state index contributed by atoms with van der Waals surface area (Å²) in [4.78, 5) is 25.6. The Morgan fingerprint density at radius 1 is 0.523 bits per heavy atom. The summed E-state index contributed by atoms with van der Waals surface area (Å²) in [5.74, 6) is -0.112. The van der Waals surface area contributed by atoms with E-state index in [0.29, 0.717) is 25.9 Å². The van der Waals surface area contributed by atoms with Crippen molar-refractivity contribution in [3.05, 3.63) is 0 Å². The molecule has 0 rings (SSSR count). The maximum absolute atomic E-state index is 12.9. The highest BCUT2D eigenvalue weighted by Gasteiger charge is 2.19. The molecular weight excluding hydrogens is 546 g/mol. The minimum atomic E-state index is -0.487. The smallest absolute Gasteiger partial charge is 0.242 e. The zero-order valence-electron chi connectivity index (χ0n) is 29.4. The molecule has 0 fully saturated rings. The van der Waals surface area contributed by atoms with E-state index in [0.717, 1.165) is 38.5 Å². The van der Waals surface area contributed by atoms with E-state index in [4.69, 9.17) is 11.1 Å². The number of carbonyl (C=O) groups is 2. The van der Waals surface area contributed by atoms with Gasteiger partial charge in [-0.3, -0.25) is 15.0 Å². The SMILES string of the molecule is CCCCCCCCCCCCCCCCCC(=O)NC(CCCCNC(=N)N)C(=O)NCCCCCCCCCCCC. The Morgan fingerprint density at radius 2 is 0.886 bits per heavy atom. The first-order valence-corrected chi connectivity index (χ1v) is 19.2. The van der Waals surface area contributed by atoms with E-state index in [1.54, 1.807) is 0 Å². The van der Waals surface area contributed by atoms with Crippen molar-refractivity contribution in [2.75, 3.05) is 13.1 Å². The number of carbonyl (C=O) groups excluding carboxylic acids is 2. The molecule has 0 radical (unpaired) electrons. The zero-order valence-corrected chi connectivity index (χ0v) is 29.4. The Hall–Kier alpha value is -1.79. The number of guanidine groups is 1. The highest BCUT2D eigenvalue weighted by Crippen LogP contribution is 2.14. The van der Waals surface area contributed by atoms with Gasteiger partial charge in [0, 0.05) is 19.5 Å². The van der Waals surface area contributed by atoms with Crippen molar-refractivity contribution < 1.29 is 9.59 Å². The van der Waals surface area contributed by atoms with E-state index in [9.17, 15) is 9.59 Å². The fourth-order valence-corrected chi connectivity index (χ4v) is 5.84. The fraction of sp³-hybridized carbons (Fsp3) is 0.919. The summed E-state index contributed by atoms with van der Waals surface area (Å²) >= 11 is 0. The molecule has 260 valence electrons. The molecule has 1 unspecified atom stereocenters. The Bertz CT molecular complexity index is 658. The van der Waals surface area contributed by atoms with Gasteiger partial charge in [0.15, 0.2) is 5.96 Å². The lowest BCUT2D eigenvalue weighted by atomic mass is 10.0. The Morgan fingerprint density at radius 3 is 1.32 bits per heavy atom. The molecule has 0 saturated heterocycles. The van der Waals surface area contributed by atoms with E-state index < -0.39 is 6.04 Å². The van der Waals surface area contributed by atoms with Gasteiger partial charge in [-0.25, -0.2) is 0 Å². The molecule has 0 spiro atoms. The summed E-state index contributed by atoms with van der Waals surface area (Å²) < 4.78 is 0. The van der Waals surface area contributed by atoms with Crippen molar-refractivity contribution in [1.82, 2.24) is 16.0 Å². The molecule has 6 N–H and O–H groups in total. The maximum atomic E-state index is 12.9. The zero-order chi connectivity index (χ0) is 32.4. The van der Waals surface area contributed by atoms with Crippen molar-refractivity contribution in [1.29, 1.82) is 5.41 Å². The number of nitrogens with two attached hydrogens (primary N) is 1. The third-order valence-electron chi connectivity index (χ3n) is 8.72. The molecular formula is C37H75N5O2. The van der Waals surface area contributed by atoms with Crippen LogP contribution in [0, 0.1) is 5.41 Å². The molecule has 0 heterocycles. The number of rotatable bonds is 34. The van der Waals surface area contributed by atoms with Crippen LogP contribution < -0.4 is 21.7 Å². The first-order valence-electron chi connectivity index (χ1n) is 19.2. The van der Waals surface area contributed by atoms with E-state index in [2.05, 4.69) is 29.8 Å². The van der Waals surface area contributed by atoms with Gasteiger partial charge in [-0.05, 0) is 32.1 Å². The highest BCUT2D eigenvalue weighted by atomic mass is 16.2. The molecule has 0 aromatic heterocycles. The molecule has 7 nitrogen and oxygen atoms in total. The van der Waals surface area contributed by atoms with E-state index in [1.807, 2.05) is 0 Å². The molecule has 44 heavy (non-hydrogen) atoms. The quantitative estimate of drug-likeness (QED) is 0.0279. The number of hydrogen-bond acceptors (Lipinski definition) is 3. The molecule has 7 heteroatoms. The van der Waals surface area contributed by atoms with Gasteiger partial charge in [0.2, 0.25) is 11.8 Å². The highest BCUT2D eigenvalue weighted by molar-refractivity contribution is 5.87. The minimum absolute atomic E-state index is 0.0133. The van der Waals surface area contributed by atoms with Crippen molar-refractivity contribution in [2.24, 2.45) is 5.73 Å². The minimum Gasteiger partial charge on any atom is -0.370 e. The van der Waals surface area contributed by atoms with Gasteiger partial charge in [-0.15, -0.1) is 0 Å². The van der Waals surface area contributed by atoms with Crippen LogP contribution in [0.4, 0.5) is 0 Å². The van der Waals surface area contributed by atoms with E-state index >= 15 is 0 Å². The van der Waals surface area contributed by atoms with Gasteiger partial charge in [0.05, 0.1) is 0 Å². The molecule has 0 aliphatic rings. The van der Waals surface area contributed by atoms with Crippen molar-refractivity contribution in [3.63, 3.8) is 0 Å². The van der Waals surface area contributed by atoms with Crippen LogP contribution >= 0.6 is 0 Å². The summed E-state index contributed by atoms with van der Waals surface area (Å²) in [5.41, 5.74) is 5.36. The summed E-state index contributed by atoms with van der Waals surface area (Å²) in [6, 6.07) is -0.487. The lowest BCUT2D eigenvalue weighted by molar-refractivity contribution is -0.129. The Balaban J connectivity index is 4.04. The van der Waals surface area contributed by atoms with Crippen LogP contribution in [-0.4, -0.2) is 36.9 Å². The molecule has 2 amide bonds. The topological polar surface area (TPSA) is 120 Å². The van der Waals surface area contributed by atoms with Gasteiger partial charge in [0.25, 0.3) is 0 Å². The Labute approximate surface area is 273 Å². The summed E-state index contributed by atoms with van der Waals surface area (Å²) in [5, 5.41) is 16.2. The Kier molecular flexibility index (Phi) is 32.7. The fourth-order valence-electron chi connectivity index (χ4n) is 5.84. The number of amides is 2. The summed E-state index contributed by atoms with van der Waals surface area (Å²) in [6.45, 7) is 5.81. The number of hydrogen-bond donors (Lipinski definition) is 5. The maximum Gasteiger partial charge on any atom is 0.242 e. The predicted molar refractivity (Wildman–Crippen MR) is 190 cm³/mol. The van der Waals surface area contributed by atoms with Crippen LogP contribution in [0.3, 0.4) is 0 Å². The van der Waals surface area contributed by atoms with Crippen LogP contribution in [0.15, 0.2) is 0 Å². The average Bonchev–Trinajstić information content (AvgIpc) is 3.00. The lowest BCUT2D eigenvalue weighted by Gasteiger charge is -2.19. The second kappa shape index (κ2) is 34.1. The third kappa shape index (κ3) is 31.6. The molecule has 1 atom stereocenters. The van der Waals surface area contributed by atoms with Crippen LogP contribution in [0.25, 0.3) is 0 Å². The van der Waals surface area contributed by atoms with Crippen molar-refractivity contribution >= 4 is 17.8 Å². The van der Waals surface area contributed by atoms with Crippen LogP contribution in [-0.2, 0) is 9.59 Å². The van der Waals surface area contributed by atoms with E-state index in [1.165, 1.54) is 135 Å². The molecule has 0 aliphatic heterocycles.